The minimum absolute atomic E-state index is 0.0370. The lowest BCUT2D eigenvalue weighted by Gasteiger charge is -2.20. The molecule has 0 bridgehead atoms. The molecule has 0 unspecified atom stereocenters. The van der Waals surface area contributed by atoms with E-state index in [0.717, 1.165) is 4.57 Å². The quantitative estimate of drug-likeness (QED) is 0.586. The second kappa shape index (κ2) is 5.81. The molecule has 1 heterocycles. The monoisotopic (exact) mass is 283 g/mol. The van der Waals surface area contributed by atoms with Crippen LogP contribution in [0.5, 0.6) is 0 Å². The van der Waals surface area contributed by atoms with Gasteiger partial charge < -0.3 is 16.4 Å². The Morgan fingerprint density at radius 3 is 2.50 bits per heavy atom. The fourth-order valence-corrected chi connectivity index (χ4v) is 1.59. The molecule has 0 fully saturated rings. The number of anilines is 2. The summed E-state index contributed by atoms with van der Waals surface area (Å²) in [6.45, 7) is 5.89. The molecule has 0 spiro atoms. The van der Waals surface area contributed by atoms with E-state index in [1.807, 2.05) is 20.8 Å². The van der Waals surface area contributed by atoms with E-state index in [4.69, 9.17) is 5.73 Å². The van der Waals surface area contributed by atoms with Gasteiger partial charge in [-0.3, -0.25) is 19.1 Å². The zero-order valence-electron chi connectivity index (χ0n) is 12.2. The Morgan fingerprint density at radius 2 is 1.95 bits per heavy atom. The molecule has 0 radical (unpaired) electrons. The third kappa shape index (κ3) is 4.15. The Labute approximate surface area is 116 Å². The van der Waals surface area contributed by atoms with Gasteiger partial charge in [0.2, 0.25) is 5.91 Å². The maximum atomic E-state index is 11.6. The van der Waals surface area contributed by atoms with Crippen molar-refractivity contribution in [2.45, 2.75) is 32.7 Å². The lowest BCUT2D eigenvalue weighted by atomic mass is 10.1. The summed E-state index contributed by atoms with van der Waals surface area (Å²) < 4.78 is 1.12. The Hall–Kier alpha value is -2.25. The highest BCUT2D eigenvalue weighted by molar-refractivity contribution is 5.77. The zero-order valence-corrected chi connectivity index (χ0v) is 12.2. The van der Waals surface area contributed by atoms with Crippen molar-refractivity contribution < 1.29 is 4.79 Å². The molecule has 0 aliphatic carbocycles. The Morgan fingerprint density at radius 1 is 1.35 bits per heavy atom. The van der Waals surface area contributed by atoms with Crippen molar-refractivity contribution in [1.82, 2.24) is 14.9 Å². The third-order valence-corrected chi connectivity index (χ3v) is 2.54. The molecule has 0 aromatic carbocycles. The van der Waals surface area contributed by atoms with E-state index in [9.17, 15) is 14.4 Å². The maximum absolute atomic E-state index is 11.6. The molecule has 1 amide bonds. The van der Waals surface area contributed by atoms with E-state index in [-0.39, 0.29) is 35.9 Å². The number of rotatable bonds is 4. The lowest BCUT2D eigenvalue weighted by molar-refractivity contribution is -0.122. The Balaban J connectivity index is 2.69. The van der Waals surface area contributed by atoms with Gasteiger partial charge >= 0.3 is 5.69 Å². The van der Waals surface area contributed by atoms with Gasteiger partial charge in [-0.1, -0.05) is 0 Å². The predicted octanol–water partition coefficient (Wildman–Crippen LogP) is -0.627. The normalized spacial score (nSPS) is 11.2. The van der Waals surface area contributed by atoms with Crippen molar-refractivity contribution >= 4 is 17.4 Å². The number of nitrogens with one attached hydrogen (secondary N) is 3. The van der Waals surface area contributed by atoms with Crippen LogP contribution in [0.1, 0.15) is 27.2 Å². The van der Waals surface area contributed by atoms with Gasteiger partial charge in [-0.25, -0.2) is 4.79 Å². The number of aromatic amines is 1. The summed E-state index contributed by atoms with van der Waals surface area (Å²) in [6, 6.07) is 0. The number of amides is 1. The smallest absolute Gasteiger partial charge is 0.329 e. The first kappa shape index (κ1) is 15.8. The number of carbonyl (C=O) groups excluding carboxylic acids is 1. The van der Waals surface area contributed by atoms with Crippen LogP contribution < -0.4 is 27.6 Å². The lowest BCUT2D eigenvalue weighted by Crippen LogP contribution is -2.41. The summed E-state index contributed by atoms with van der Waals surface area (Å²) in [6.07, 6.45) is 0.193. The topological polar surface area (TPSA) is 122 Å². The second-order valence-electron chi connectivity index (χ2n) is 5.55. The highest BCUT2D eigenvalue weighted by Crippen LogP contribution is 2.08. The fraction of sp³-hybridized carbons (Fsp3) is 0.583. The molecule has 0 aliphatic rings. The molecule has 20 heavy (non-hydrogen) atoms. The fourth-order valence-electron chi connectivity index (χ4n) is 1.59. The van der Waals surface area contributed by atoms with Crippen LogP contribution in [-0.2, 0) is 11.8 Å². The van der Waals surface area contributed by atoms with Crippen molar-refractivity contribution in [3.05, 3.63) is 20.8 Å². The van der Waals surface area contributed by atoms with Gasteiger partial charge in [-0.15, -0.1) is 0 Å². The number of hydrogen-bond donors (Lipinski definition) is 4. The Bertz CT molecular complexity index is 609. The molecule has 0 aliphatic heterocycles. The SMILES string of the molecule is Cn1c(N)c(NCCC(=O)NC(C)(C)C)c(=O)[nH]c1=O. The van der Waals surface area contributed by atoms with Gasteiger partial charge in [0.05, 0.1) is 0 Å². The van der Waals surface area contributed by atoms with Crippen LogP contribution in [0.4, 0.5) is 11.5 Å². The van der Waals surface area contributed by atoms with Crippen LogP contribution in [0.15, 0.2) is 9.59 Å². The van der Waals surface area contributed by atoms with Crippen molar-refractivity contribution in [3.8, 4) is 0 Å². The maximum Gasteiger partial charge on any atom is 0.329 e. The minimum atomic E-state index is -0.596. The van der Waals surface area contributed by atoms with Gasteiger partial charge in [0.1, 0.15) is 11.5 Å². The highest BCUT2D eigenvalue weighted by Gasteiger charge is 2.14. The van der Waals surface area contributed by atoms with E-state index >= 15 is 0 Å². The number of carbonyl (C=O) groups is 1. The standard InChI is InChI=1S/C12H21N5O3/c1-12(2,3)16-7(18)5-6-14-8-9(13)17(4)11(20)15-10(8)19/h14H,5-6,13H2,1-4H3,(H,16,18)(H,15,19,20). The van der Waals surface area contributed by atoms with E-state index in [1.54, 1.807) is 0 Å². The van der Waals surface area contributed by atoms with E-state index in [0.29, 0.717) is 0 Å². The summed E-state index contributed by atoms with van der Waals surface area (Å²) in [5.74, 6) is -0.0974. The summed E-state index contributed by atoms with van der Waals surface area (Å²) >= 11 is 0. The first-order valence-corrected chi connectivity index (χ1v) is 6.25. The van der Waals surface area contributed by atoms with Gasteiger partial charge in [-0.2, -0.15) is 0 Å². The van der Waals surface area contributed by atoms with E-state index < -0.39 is 11.2 Å². The van der Waals surface area contributed by atoms with Gasteiger partial charge in [-0.05, 0) is 20.8 Å². The second-order valence-corrected chi connectivity index (χ2v) is 5.55. The average Bonchev–Trinajstić information content (AvgIpc) is 2.28. The molecule has 0 saturated carbocycles. The predicted molar refractivity (Wildman–Crippen MR) is 77.7 cm³/mol. The number of nitrogens with zero attached hydrogens (tertiary/aromatic N) is 1. The summed E-state index contributed by atoms with van der Waals surface area (Å²) in [5, 5.41) is 5.58. The van der Waals surface area contributed by atoms with Crippen LogP contribution in [0.2, 0.25) is 0 Å². The Kier molecular flexibility index (Phi) is 4.59. The molecular weight excluding hydrogens is 262 g/mol. The van der Waals surface area contributed by atoms with Crippen LogP contribution in [0, 0.1) is 0 Å². The molecule has 112 valence electrons. The molecule has 0 saturated heterocycles. The highest BCUT2D eigenvalue weighted by atomic mass is 16.2. The van der Waals surface area contributed by atoms with Crippen molar-refractivity contribution in [2.75, 3.05) is 17.6 Å². The molecule has 8 heteroatoms. The molecule has 1 aromatic heterocycles. The number of nitrogen functional groups attached to an aromatic ring is 1. The largest absolute Gasteiger partial charge is 0.383 e. The van der Waals surface area contributed by atoms with Crippen LogP contribution >= 0.6 is 0 Å². The van der Waals surface area contributed by atoms with Crippen LogP contribution in [-0.4, -0.2) is 27.5 Å². The minimum Gasteiger partial charge on any atom is -0.383 e. The van der Waals surface area contributed by atoms with Gasteiger partial charge in [0.15, 0.2) is 0 Å². The molecule has 1 aromatic rings. The van der Waals surface area contributed by atoms with Crippen molar-refractivity contribution in [1.29, 1.82) is 0 Å². The van der Waals surface area contributed by atoms with Gasteiger partial charge in [0.25, 0.3) is 5.56 Å². The van der Waals surface area contributed by atoms with Crippen molar-refractivity contribution in [3.63, 3.8) is 0 Å². The van der Waals surface area contributed by atoms with E-state index in [1.165, 1.54) is 7.05 Å². The summed E-state index contributed by atoms with van der Waals surface area (Å²) in [4.78, 5) is 36.6. The first-order valence-electron chi connectivity index (χ1n) is 6.25. The number of nitrogens with two attached hydrogens (primary N) is 1. The third-order valence-electron chi connectivity index (χ3n) is 2.54. The summed E-state index contributed by atoms with van der Waals surface area (Å²) in [5.41, 5.74) is 4.30. The van der Waals surface area contributed by atoms with Gasteiger partial charge in [0, 0.05) is 25.6 Å². The molecular formula is C12H21N5O3. The average molecular weight is 283 g/mol. The number of H-pyrrole nitrogens is 1. The zero-order chi connectivity index (χ0) is 15.5. The molecule has 8 nitrogen and oxygen atoms in total. The van der Waals surface area contributed by atoms with Crippen molar-refractivity contribution in [2.24, 2.45) is 7.05 Å². The van der Waals surface area contributed by atoms with Crippen LogP contribution in [0.25, 0.3) is 0 Å². The molecule has 5 N–H and O–H groups in total. The van der Waals surface area contributed by atoms with Crippen LogP contribution in [0.3, 0.4) is 0 Å². The molecule has 0 atom stereocenters. The number of aromatic nitrogens is 2. The molecule has 1 rings (SSSR count). The number of hydrogen-bond acceptors (Lipinski definition) is 5. The van der Waals surface area contributed by atoms with E-state index in [2.05, 4.69) is 15.6 Å². The summed E-state index contributed by atoms with van der Waals surface area (Å²) in [7, 11) is 1.45. The first-order chi connectivity index (χ1) is 9.11.